The van der Waals surface area contributed by atoms with Crippen LogP contribution in [0.5, 0.6) is 5.75 Å². The van der Waals surface area contributed by atoms with Crippen LogP contribution in [-0.4, -0.2) is 46.1 Å². The average Bonchev–Trinajstić information content (AvgIpc) is 2.87. The normalized spacial score (nSPS) is 20.2. The lowest BCUT2D eigenvalue weighted by atomic mass is 10.3. The van der Waals surface area contributed by atoms with Crippen LogP contribution in [0, 0.1) is 5.82 Å². The molecule has 112 valence electrons. The SMILES string of the molecule is COc1c(N)cc(S(=O)(=O)N2CCC(OC)C2)cc1F. The lowest BCUT2D eigenvalue weighted by molar-refractivity contribution is 0.115. The van der Waals surface area contributed by atoms with Crippen LogP contribution < -0.4 is 10.5 Å². The summed E-state index contributed by atoms with van der Waals surface area (Å²) < 4.78 is 49.7. The summed E-state index contributed by atoms with van der Waals surface area (Å²) >= 11 is 0. The van der Waals surface area contributed by atoms with E-state index in [9.17, 15) is 12.8 Å². The van der Waals surface area contributed by atoms with E-state index < -0.39 is 15.8 Å². The van der Waals surface area contributed by atoms with Crippen molar-refractivity contribution in [1.29, 1.82) is 0 Å². The molecule has 1 aromatic carbocycles. The largest absolute Gasteiger partial charge is 0.492 e. The molecule has 1 aliphatic rings. The van der Waals surface area contributed by atoms with Crippen molar-refractivity contribution in [3.63, 3.8) is 0 Å². The first-order valence-electron chi connectivity index (χ1n) is 6.06. The zero-order valence-corrected chi connectivity index (χ0v) is 12.1. The van der Waals surface area contributed by atoms with Crippen LogP contribution in [0.1, 0.15) is 6.42 Å². The number of nitrogens with two attached hydrogens (primary N) is 1. The molecule has 20 heavy (non-hydrogen) atoms. The lowest BCUT2D eigenvalue weighted by Gasteiger charge is -2.17. The molecule has 1 saturated heterocycles. The molecule has 1 fully saturated rings. The number of ether oxygens (including phenoxy) is 2. The fraction of sp³-hybridized carbons (Fsp3) is 0.500. The molecule has 0 amide bonds. The summed E-state index contributed by atoms with van der Waals surface area (Å²) in [6.45, 7) is 0.598. The summed E-state index contributed by atoms with van der Waals surface area (Å²) in [6, 6.07) is 2.13. The van der Waals surface area contributed by atoms with Gasteiger partial charge in [0, 0.05) is 20.2 Å². The van der Waals surface area contributed by atoms with Gasteiger partial charge in [-0.3, -0.25) is 0 Å². The van der Waals surface area contributed by atoms with Crippen LogP contribution >= 0.6 is 0 Å². The number of halogens is 1. The van der Waals surface area contributed by atoms with Gasteiger partial charge in [0.1, 0.15) is 0 Å². The second kappa shape index (κ2) is 5.55. The molecule has 2 rings (SSSR count). The summed E-state index contributed by atoms with van der Waals surface area (Å²) in [6.07, 6.45) is 0.481. The van der Waals surface area contributed by atoms with Gasteiger partial charge in [-0.1, -0.05) is 0 Å². The molecule has 0 spiro atoms. The minimum absolute atomic E-state index is 0.0476. The van der Waals surface area contributed by atoms with Crippen LogP contribution in [0.2, 0.25) is 0 Å². The quantitative estimate of drug-likeness (QED) is 0.833. The first-order chi connectivity index (χ1) is 9.40. The van der Waals surface area contributed by atoms with E-state index in [0.717, 1.165) is 6.07 Å². The van der Waals surface area contributed by atoms with Gasteiger partial charge in [0.25, 0.3) is 0 Å². The highest BCUT2D eigenvalue weighted by atomic mass is 32.2. The Morgan fingerprint density at radius 3 is 2.60 bits per heavy atom. The number of methoxy groups -OCH3 is 2. The molecule has 0 saturated carbocycles. The zero-order valence-electron chi connectivity index (χ0n) is 11.3. The standard InChI is InChI=1S/C12H17FN2O4S/c1-18-8-3-4-15(7-8)20(16,17)9-5-10(13)12(19-2)11(14)6-9/h5-6,8H,3-4,7,14H2,1-2H3. The summed E-state index contributed by atoms with van der Waals surface area (Å²) in [7, 11) is -0.970. The maximum absolute atomic E-state index is 13.8. The molecule has 1 unspecified atom stereocenters. The molecule has 6 nitrogen and oxygen atoms in total. The number of hydrogen-bond donors (Lipinski definition) is 1. The van der Waals surface area contributed by atoms with Crippen molar-refractivity contribution >= 4 is 15.7 Å². The van der Waals surface area contributed by atoms with Gasteiger partial charge in [-0.05, 0) is 18.6 Å². The Bertz CT molecular complexity index is 582. The molecule has 1 atom stereocenters. The predicted molar refractivity (Wildman–Crippen MR) is 71.5 cm³/mol. The molecular weight excluding hydrogens is 287 g/mol. The van der Waals surface area contributed by atoms with E-state index in [2.05, 4.69) is 0 Å². The Hall–Kier alpha value is -1.38. The van der Waals surface area contributed by atoms with Crippen molar-refractivity contribution in [2.75, 3.05) is 33.0 Å². The van der Waals surface area contributed by atoms with Crippen molar-refractivity contribution in [2.45, 2.75) is 17.4 Å². The molecule has 2 N–H and O–H groups in total. The topological polar surface area (TPSA) is 81.9 Å². The highest BCUT2D eigenvalue weighted by Crippen LogP contribution is 2.31. The third-order valence-corrected chi connectivity index (χ3v) is 5.17. The van der Waals surface area contributed by atoms with Gasteiger partial charge in [-0.2, -0.15) is 4.31 Å². The van der Waals surface area contributed by atoms with E-state index in [-0.39, 0.29) is 29.0 Å². The smallest absolute Gasteiger partial charge is 0.243 e. The van der Waals surface area contributed by atoms with Crippen molar-refractivity contribution < 1.29 is 22.3 Å². The number of nitrogen functional groups attached to an aromatic ring is 1. The minimum atomic E-state index is -3.77. The van der Waals surface area contributed by atoms with Crippen molar-refractivity contribution in [3.8, 4) is 5.75 Å². The number of hydrogen-bond acceptors (Lipinski definition) is 5. The third kappa shape index (κ3) is 2.58. The highest BCUT2D eigenvalue weighted by Gasteiger charge is 2.33. The molecule has 8 heteroatoms. The summed E-state index contributed by atoms with van der Waals surface area (Å²) in [4.78, 5) is -0.176. The molecular formula is C12H17FN2O4S. The number of benzene rings is 1. The number of sulfonamides is 1. The Labute approximate surface area is 117 Å². The summed E-state index contributed by atoms with van der Waals surface area (Å²) in [5.74, 6) is -0.950. The first kappa shape index (κ1) is 15.0. The number of anilines is 1. The van der Waals surface area contributed by atoms with Gasteiger partial charge in [0.05, 0.1) is 23.8 Å². The maximum Gasteiger partial charge on any atom is 0.243 e. The molecule has 0 aliphatic carbocycles. The van der Waals surface area contributed by atoms with Crippen molar-refractivity contribution in [2.24, 2.45) is 0 Å². The second-order valence-electron chi connectivity index (χ2n) is 4.54. The van der Waals surface area contributed by atoms with Crippen LogP contribution in [0.4, 0.5) is 10.1 Å². The Morgan fingerprint density at radius 2 is 2.10 bits per heavy atom. The van der Waals surface area contributed by atoms with Crippen LogP contribution in [0.25, 0.3) is 0 Å². The van der Waals surface area contributed by atoms with Crippen molar-refractivity contribution in [1.82, 2.24) is 4.31 Å². The van der Waals surface area contributed by atoms with E-state index >= 15 is 0 Å². The fourth-order valence-electron chi connectivity index (χ4n) is 2.21. The number of nitrogens with zero attached hydrogens (tertiary/aromatic N) is 1. The Balaban J connectivity index is 2.36. The minimum Gasteiger partial charge on any atom is -0.492 e. The van der Waals surface area contributed by atoms with Gasteiger partial charge in [-0.25, -0.2) is 12.8 Å². The van der Waals surface area contributed by atoms with Gasteiger partial charge < -0.3 is 15.2 Å². The van der Waals surface area contributed by atoms with Gasteiger partial charge >= 0.3 is 0 Å². The maximum atomic E-state index is 13.8. The molecule has 0 bridgehead atoms. The highest BCUT2D eigenvalue weighted by molar-refractivity contribution is 7.89. The molecule has 1 heterocycles. The molecule has 0 radical (unpaired) electrons. The zero-order chi connectivity index (χ0) is 14.9. The average molecular weight is 304 g/mol. The van der Waals surface area contributed by atoms with E-state index in [1.807, 2.05) is 0 Å². The molecule has 0 aromatic heterocycles. The predicted octanol–water partition coefficient (Wildman–Crippen LogP) is 0.826. The first-order valence-corrected chi connectivity index (χ1v) is 7.50. The Kier molecular flexibility index (Phi) is 4.17. The fourth-order valence-corrected chi connectivity index (χ4v) is 3.75. The van der Waals surface area contributed by atoms with E-state index in [0.29, 0.717) is 13.0 Å². The summed E-state index contributed by atoms with van der Waals surface area (Å²) in [5.41, 5.74) is 5.56. The van der Waals surface area contributed by atoms with Crippen LogP contribution in [0.15, 0.2) is 17.0 Å². The van der Waals surface area contributed by atoms with Gasteiger partial charge in [0.15, 0.2) is 11.6 Å². The van der Waals surface area contributed by atoms with Crippen LogP contribution in [-0.2, 0) is 14.8 Å². The lowest BCUT2D eigenvalue weighted by Crippen LogP contribution is -2.30. The second-order valence-corrected chi connectivity index (χ2v) is 6.47. The summed E-state index contributed by atoms with van der Waals surface area (Å²) in [5, 5.41) is 0. The monoisotopic (exact) mass is 304 g/mol. The van der Waals surface area contributed by atoms with E-state index in [1.165, 1.54) is 24.6 Å². The van der Waals surface area contributed by atoms with Crippen LogP contribution in [0.3, 0.4) is 0 Å². The molecule has 1 aromatic rings. The van der Waals surface area contributed by atoms with Crippen molar-refractivity contribution in [3.05, 3.63) is 17.9 Å². The molecule has 1 aliphatic heterocycles. The van der Waals surface area contributed by atoms with Gasteiger partial charge in [0.2, 0.25) is 10.0 Å². The van der Waals surface area contributed by atoms with Gasteiger partial charge in [-0.15, -0.1) is 0 Å². The Morgan fingerprint density at radius 1 is 1.40 bits per heavy atom. The van der Waals surface area contributed by atoms with E-state index in [4.69, 9.17) is 15.2 Å². The third-order valence-electron chi connectivity index (χ3n) is 3.33. The number of rotatable bonds is 4. The van der Waals surface area contributed by atoms with E-state index in [1.54, 1.807) is 0 Å².